The second-order valence-corrected chi connectivity index (χ2v) is 6.51. The number of benzene rings is 1. The Morgan fingerprint density at radius 2 is 1.65 bits per heavy atom. The van der Waals surface area contributed by atoms with Gasteiger partial charge in [0.15, 0.2) is 0 Å². The number of aryl methyl sites for hydroxylation is 1. The summed E-state index contributed by atoms with van der Waals surface area (Å²) in [5, 5.41) is 4.46. The average molecular weight is 382 g/mol. The Balaban J connectivity index is 1.79. The molecule has 20 heavy (non-hydrogen) atoms. The van der Waals surface area contributed by atoms with Crippen LogP contribution in [0.4, 0.5) is 0 Å². The summed E-state index contributed by atoms with van der Waals surface area (Å²) in [6, 6.07) is 8.60. The third-order valence-corrected chi connectivity index (χ3v) is 4.27. The van der Waals surface area contributed by atoms with Gasteiger partial charge in [-0.3, -0.25) is 4.68 Å². The lowest BCUT2D eigenvalue weighted by Gasteiger charge is -2.02. The minimum atomic E-state index is 1.04. The molecule has 0 aliphatic carbocycles. The highest BCUT2D eigenvalue weighted by Crippen LogP contribution is 2.20. The van der Waals surface area contributed by atoms with Gasteiger partial charge in [-0.25, -0.2) is 0 Å². The summed E-state index contributed by atoms with van der Waals surface area (Å²) in [7, 11) is 0. The van der Waals surface area contributed by atoms with E-state index in [1.807, 2.05) is 6.20 Å². The number of nitrogens with zero attached hydrogens (tertiary/aromatic N) is 2. The predicted octanol–water partition coefficient (Wildman–Crippen LogP) is 5.52. The first-order valence-corrected chi connectivity index (χ1v) is 8.66. The molecule has 0 radical (unpaired) electrons. The van der Waals surface area contributed by atoms with E-state index in [4.69, 9.17) is 0 Å². The van der Waals surface area contributed by atoms with E-state index in [0.717, 1.165) is 6.54 Å². The monoisotopic (exact) mass is 382 g/mol. The third-order valence-electron chi connectivity index (χ3n) is 3.55. The van der Waals surface area contributed by atoms with Crippen LogP contribution in [0.3, 0.4) is 0 Å². The Morgan fingerprint density at radius 3 is 2.40 bits per heavy atom. The molecule has 1 heterocycles. The zero-order chi connectivity index (χ0) is 14.2. The molecule has 0 bridgehead atoms. The number of unbranched alkanes of at least 4 members (excludes halogenated alkanes) is 5. The summed E-state index contributed by atoms with van der Waals surface area (Å²) >= 11 is 2.33. The molecule has 0 aliphatic rings. The highest BCUT2D eigenvalue weighted by molar-refractivity contribution is 14.1. The van der Waals surface area contributed by atoms with Crippen LogP contribution in [0.1, 0.15) is 45.4 Å². The summed E-state index contributed by atoms with van der Waals surface area (Å²) in [5.74, 6) is 0. The van der Waals surface area contributed by atoms with Crippen molar-refractivity contribution in [3.05, 3.63) is 40.2 Å². The average Bonchev–Trinajstić information content (AvgIpc) is 2.92. The van der Waals surface area contributed by atoms with Crippen molar-refractivity contribution in [2.75, 3.05) is 0 Å². The van der Waals surface area contributed by atoms with Crippen molar-refractivity contribution in [3.63, 3.8) is 0 Å². The van der Waals surface area contributed by atoms with Gasteiger partial charge < -0.3 is 0 Å². The molecular formula is C17H23IN2. The van der Waals surface area contributed by atoms with Crippen molar-refractivity contribution in [1.29, 1.82) is 0 Å². The lowest BCUT2D eigenvalue weighted by Crippen LogP contribution is -1.97. The van der Waals surface area contributed by atoms with E-state index in [-0.39, 0.29) is 0 Å². The van der Waals surface area contributed by atoms with Crippen molar-refractivity contribution in [1.82, 2.24) is 9.78 Å². The highest BCUT2D eigenvalue weighted by Gasteiger charge is 2.01. The lowest BCUT2D eigenvalue weighted by atomic mass is 10.1. The van der Waals surface area contributed by atoms with Gasteiger partial charge in [0.2, 0.25) is 0 Å². The molecule has 0 spiro atoms. The Labute approximate surface area is 135 Å². The minimum absolute atomic E-state index is 1.04. The maximum atomic E-state index is 4.46. The van der Waals surface area contributed by atoms with E-state index < -0.39 is 0 Å². The summed E-state index contributed by atoms with van der Waals surface area (Å²) in [5.41, 5.74) is 2.46. The van der Waals surface area contributed by atoms with Crippen LogP contribution in [-0.4, -0.2) is 9.78 Å². The first-order valence-electron chi connectivity index (χ1n) is 7.58. The first kappa shape index (κ1) is 15.5. The van der Waals surface area contributed by atoms with Gasteiger partial charge in [-0.05, 0) is 46.7 Å². The second kappa shape index (κ2) is 8.45. The zero-order valence-corrected chi connectivity index (χ0v) is 14.3. The van der Waals surface area contributed by atoms with Gasteiger partial charge in [-0.2, -0.15) is 5.10 Å². The number of rotatable bonds is 8. The van der Waals surface area contributed by atoms with Gasteiger partial charge in [-0.1, -0.05) is 51.2 Å². The number of hydrogen-bond donors (Lipinski definition) is 0. The predicted molar refractivity (Wildman–Crippen MR) is 93.8 cm³/mol. The largest absolute Gasteiger partial charge is 0.272 e. The van der Waals surface area contributed by atoms with Crippen molar-refractivity contribution in [2.45, 2.75) is 52.0 Å². The maximum Gasteiger partial charge on any atom is 0.0568 e. The molecule has 2 rings (SSSR count). The fourth-order valence-electron chi connectivity index (χ4n) is 2.33. The first-order chi connectivity index (χ1) is 9.79. The Bertz CT molecular complexity index is 502. The molecule has 0 N–H and O–H groups in total. The van der Waals surface area contributed by atoms with Crippen LogP contribution in [-0.2, 0) is 6.54 Å². The van der Waals surface area contributed by atoms with Gasteiger partial charge in [-0.15, -0.1) is 0 Å². The van der Waals surface area contributed by atoms with Crippen LogP contribution in [0.15, 0.2) is 36.7 Å². The topological polar surface area (TPSA) is 17.8 Å². The zero-order valence-electron chi connectivity index (χ0n) is 12.2. The fourth-order valence-corrected chi connectivity index (χ4v) is 2.69. The molecule has 0 saturated carbocycles. The summed E-state index contributed by atoms with van der Waals surface area (Å²) in [6.45, 7) is 3.30. The van der Waals surface area contributed by atoms with E-state index in [9.17, 15) is 0 Å². The van der Waals surface area contributed by atoms with E-state index in [1.54, 1.807) is 0 Å². The molecule has 108 valence electrons. The van der Waals surface area contributed by atoms with Crippen LogP contribution < -0.4 is 0 Å². The number of aromatic nitrogens is 2. The SMILES string of the molecule is CCCCCCCCn1cc(-c2ccc(I)cc2)cn1. The number of hydrogen-bond acceptors (Lipinski definition) is 1. The molecule has 0 atom stereocenters. The second-order valence-electron chi connectivity index (χ2n) is 5.27. The molecule has 0 amide bonds. The highest BCUT2D eigenvalue weighted by atomic mass is 127. The van der Waals surface area contributed by atoms with E-state index >= 15 is 0 Å². The molecule has 0 fully saturated rings. The Morgan fingerprint density at radius 1 is 0.950 bits per heavy atom. The molecule has 2 nitrogen and oxygen atoms in total. The summed E-state index contributed by atoms with van der Waals surface area (Å²) in [4.78, 5) is 0. The van der Waals surface area contributed by atoms with Crippen molar-refractivity contribution >= 4 is 22.6 Å². The summed E-state index contributed by atoms with van der Waals surface area (Å²) < 4.78 is 3.35. The lowest BCUT2D eigenvalue weighted by molar-refractivity contribution is 0.527. The van der Waals surface area contributed by atoms with Crippen LogP contribution in [0, 0.1) is 3.57 Å². The van der Waals surface area contributed by atoms with E-state index in [1.165, 1.54) is 53.2 Å². The normalized spacial score (nSPS) is 10.9. The molecule has 1 aromatic carbocycles. The quantitative estimate of drug-likeness (QED) is 0.435. The van der Waals surface area contributed by atoms with E-state index in [0.29, 0.717) is 0 Å². The van der Waals surface area contributed by atoms with Crippen LogP contribution in [0.25, 0.3) is 11.1 Å². The van der Waals surface area contributed by atoms with Gasteiger partial charge in [0.25, 0.3) is 0 Å². The van der Waals surface area contributed by atoms with Gasteiger partial charge in [0, 0.05) is 21.9 Å². The Kier molecular flexibility index (Phi) is 6.57. The van der Waals surface area contributed by atoms with Crippen molar-refractivity contribution in [3.8, 4) is 11.1 Å². The van der Waals surface area contributed by atoms with Crippen molar-refractivity contribution in [2.24, 2.45) is 0 Å². The number of halogens is 1. The molecule has 3 heteroatoms. The smallest absolute Gasteiger partial charge is 0.0568 e. The minimum Gasteiger partial charge on any atom is -0.272 e. The van der Waals surface area contributed by atoms with E-state index in [2.05, 4.69) is 69.8 Å². The molecule has 0 aliphatic heterocycles. The maximum absolute atomic E-state index is 4.46. The molecular weight excluding hydrogens is 359 g/mol. The van der Waals surface area contributed by atoms with Crippen LogP contribution in [0.5, 0.6) is 0 Å². The van der Waals surface area contributed by atoms with Gasteiger partial charge >= 0.3 is 0 Å². The van der Waals surface area contributed by atoms with Crippen molar-refractivity contribution < 1.29 is 0 Å². The van der Waals surface area contributed by atoms with Crippen LogP contribution in [0.2, 0.25) is 0 Å². The molecule has 0 saturated heterocycles. The summed E-state index contributed by atoms with van der Waals surface area (Å²) in [6.07, 6.45) is 12.1. The molecule has 1 aromatic heterocycles. The van der Waals surface area contributed by atoms with Gasteiger partial charge in [0.05, 0.1) is 6.20 Å². The fraction of sp³-hybridized carbons (Fsp3) is 0.471. The van der Waals surface area contributed by atoms with Crippen LogP contribution >= 0.6 is 22.6 Å². The third kappa shape index (κ3) is 4.93. The molecule has 2 aromatic rings. The Hall–Kier alpha value is -0.840. The molecule has 0 unspecified atom stereocenters. The standard InChI is InChI=1S/C17H23IN2/c1-2-3-4-5-6-7-12-20-14-16(13-19-20)15-8-10-17(18)11-9-15/h8-11,13-14H,2-7,12H2,1H3. The van der Waals surface area contributed by atoms with Gasteiger partial charge in [0.1, 0.15) is 0 Å².